The second-order valence-corrected chi connectivity index (χ2v) is 6.95. The molecule has 0 fully saturated rings. The van der Waals surface area contributed by atoms with Gasteiger partial charge in [0.2, 0.25) is 0 Å². The summed E-state index contributed by atoms with van der Waals surface area (Å²) < 4.78 is 0. The lowest BCUT2D eigenvalue weighted by atomic mass is 10.1. The van der Waals surface area contributed by atoms with Gasteiger partial charge in [-0.15, -0.1) is 0 Å². The molecule has 0 aliphatic rings. The smallest absolute Gasteiger partial charge is 0.123 e. The van der Waals surface area contributed by atoms with E-state index in [0.29, 0.717) is 0 Å². The average molecular weight is 376 g/mol. The van der Waals surface area contributed by atoms with Gasteiger partial charge in [-0.25, -0.2) is 0 Å². The van der Waals surface area contributed by atoms with E-state index in [0.717, 1.165) is 38.7 Å². The van der Waals surface area contributed by atoms with Crippen LogP contribution in [0.1, 0.15) is 11.7 Å². The molecule has 4 heteroatoms. The number of rotatable bonds is 5. The zero-order chi connectivity index (χ0) is 19.5. The number of hydrogen-bond acceptors (Lipinski definition) is 4. The predicted octanol–water partition coefficient (Wildman–Crippen LogP) is 6.01. The van der Waals surface area contributed by atoms with E-state index in [-0.39, 0.29) is 6.17 Å². The maximum Gasteiger partial charge on any atom is 0.123 e. The number of pyridine rings is 2. The van der Waals surface area contributed by atoms with Crippen molar-refractivity contribution < 1.29 is 0 Å². The molecule has 0 aliphatic carbocycles. The fourth-order valence-electron chi connectivity index (χ4n) is 3.51. The quantitative estimate of drug-likeness (QED) is 0.369. The van der Waals surface area contributed by atoms with Gasteiger partial charge in [0.1, 0.15) is 6.17 Å². The number of benzene rings is 3. The highest BCUT2D eigenvalue weighted by molar-refractivity contribution is 5.83. The first-order valence-electron chi connectivity index (χ1n) is 9.63. The minimum absolute atomic E-state index is 0.0838. The lowest BCUT2D eigenvalue weighted by Crippen LogP contribution is -2.19. The van der Waals surface area contributed by atoms with Crippen molar-refractivity contribution in [2.24, 2.45) is 0 Å². The molecule has 2 N–H and O–H groups in total. The van der Waals surface area contributed by atoms with E-state index in [9.17, 15) is 0 Å². The first-order valence-corrected chi connectivity index (χ1v) is 9.63. The third kappa shape index (κ3) is 3.73. The molecule has 2 aromatic heterocycles. The highest BCUT2D eigenvalue weighted by Gasteiger charge is 2.12. The van der Waals surface area contributed by atoms with Crippen molar-refractivity contribution in [3.8, 4) is 0 Å². The first kappa shape index (κ1) is 17.2. The van der Waals surface area contributed by atoms with Crippen molar-refractivity contribution in [3.05, 3.63) is 109 Å². The summed E-state index contributed by atoms with van der Waals surface area (Å²) in [6.45, 7) is 0. The highest BCUT2D eigenvalue weighted by atomic mass is 15.1. The largest absolute Gasteiger partial charge is 0.362 e. The van der Waals surface area contributed by atoms with E-state index in [4.69, 9.17) is 0 Å². The topological polar surface area (TPSA) is 49.8 Å². The summed E-state index contributed by atoms with van der Waals surface area (Å²) in [6, 6.07) is 30.9. The maximum atomic E-state index is 4.41. The molecule has 5 rings (SSSR count). The van der Waals surface area contributed by atoms with E-state index >= 15 is 0 Å². The number of hydrogen-bond donors (Lipinski definition) is 2. The minimum atomic E-state index is -0.0838. The summed E-state index contributed by atoms with van der Waals surface area (Å²) >= 11 is 0. The Morgan fingerprint density at radius 1 is 0.552 bits per heavy atom. The zero-order valence-electron chi connectivity index (χ0n) is 15.8. The number of nitrogens with zero attached hydrogens (tertiary/aromatic N) is 2. The summed E-state index contributed by atoms with van der Waals surface area (Å²) in [5.41, 5.74) is 5.21. The summed E-state index contributed by atoms with van der Waals surface area (Å²) in [4.78, 5) is 8.81. The molecule has 0 aliphatic heterocycles. The highest BCUT2D eigenvalue weighted by Crippen LogP contribution is 2.26. The van der Waals surface area contributed by atoms with Gasteiger partial charge in [0.05, 0.1) is 11.0 Å². The van der Waals surface area contributed by atoms with Crippen LogP contribution in [0.15, 0.2) is 103 Å². The molecule has 4 nitrogen and oxygen atoms in total. The van der Waals surface area contributed by atoms with Gasteiger partial charge in [-0.05, 0) is 54.1 Å². The molecule has 0 unspecified atom stereocenters. The second-order valence-electron chi connectivity index (χ2n) is 6.95. The SMILES string of the molecule is c1ccc(C(Nc2ccc3ncccc3c2)Nc2ccc3ncccc3c2)cc1. The molecule has 140 valence electrons. The summed E-state index contributed by atoms with van der Waals surface area (Å²) in [5, 5.41) is 9.48. The summed E-state index contributed by atoms with van der Waals surface area (Å²) in [6.07, 6.45) is 3.55. The fraction of sp³-hybridized carbons (Fsp3) is 0.0400. The Kier molecular flexibility index (Phi) is 4.51. The summed E-state index contributed by atoms with van der Waals surface area (Å²) in [7, 11) is 0. The Morgan fingerprint density at radius 2 is 1.10 bits per heavy atom. The van der Waals surface area contributed by atoms with Crippen LogP contribution in [0, 0.1) is 0 Å². The van der Waals surface area contributed by atoms with Crippen molar-refractivity contribution in [3.63, 3.8) is 0 Å². The van der Waals surface area contributed by atoms with Crippen LogP contribution in [0.2, 0.25) is 0 Å². The van der Waals surface area contributed by atoms with Gasteiger partial charge >= 0.3 is 0 Å². The van der Waals surface area contributed by atoms with Gasteiger partial charge in [-0.2, -0.15) is 0 Å². The molecule has 0 saturated carbocycles. The van der Waals surface area contributed by atoms with Gasteiger partial charge in [0, 0.05) is 34.5 Å². The van der Waals surface area contributed by atoms with Crippen molar-refractivity contribution in [2.75, 3.05) is 10.6 Å². The molecule has 0 spiro atoms. The fourth-order valence-corrected chi connectivity index (χ4v) is 3.51. The van der Waals surface area contributed by atoms with E-state index in [1.165, 1.54) is 0 Å². The Hall–Kier alpha value is -3.92. The molecule has 0 amide bonds. The Balaban J connectivity index is 1.48. The lowest BCUT2D eigenvalue weighted by molar-refractivity contribution is 0.903. The number of anilines is 2. The lowest BCUT2D eigenvalue weighted by Gasteiger charge is -2.23. The van der Waals surface area contributed by atoms with Gasteiger partial charge in [0.15, 0.2) is 0 Å². The standard InChI is InChI=1S/C25H20N4/c1-2-6-18(7-3-1)25(28-21-10-12-23-19(16-21)8-4-14-26-23)29-22-11-13-24-20(17-22)9-5-15-27-24/h1-17,25,28-29H. The van der Waals surface area contributed by atoms with Crippen LogP contribution in [0.3, 0.4) is 0 Å². The minimum Gasteiger partial charge on any atom is -0.362 e. The molecule has 0 saturated heterocycles. The molecule has 29 heavy (non-hydrogen) atoms. The Bertz CT molecular complexity index is 1190. The predicted molar refractivity (Wildman–Crippen MR) is 120 cm³/mol. The first-order chi connectivity index (χ1) is 14.3. The molecule has 2 heterocycles. The molecule has 0 atom stereocenters. The third-order valence-corrected chi connectivity index (χ3v) is 4.96. The van der Waals surface area contributed by atoms with Crippen molar-refractivity contribution in [1.29, 1.82) is 0 Å². The Labute approximate surface area is 169 Å². The van der Waals surface area contributed by atoms with Gasteiger partial charge in [-0.1, -0.05) is 42.5 Å². The van der Waals surface area contributed by atoms with Crippen LogP contribution >= 0.6 is 0 Å². The number of nitrogens with one attached hydrogen (secondary N) is 2. The van der Waals surface area contributed by atoms with Crippen molar-refractivity contribution in [2.45, 2.75) is 6.17 Å². The van der Waals surface area contributed by atoms with Crippen LogP contribution in [0.5, 0.6) is 0 Å². The molecular weight excluding hydrogens is 356 g/mol. The molecule has 0 bridgehead atoms. The zero-order valence-corrected chi connectivity index (χ0v) is 15.8. The molecule has 3 aromatic carbocycles. The van der Waals surface area contributed by atoms with E-state index in [1.54, 1.807) is 0 Å². The van der Waals surface area contributed by atoms with Gasteiger partial charge in [-0.3, -0.25) is 9.97 Å². The summed E-state index contributed by atoms with van der Waals surface area (Å²) in [5.74, 6) is 0. The average Bonchev–Trinajstić information content (AvgIpc) is 2.79. The molecule has 5 aromatic rings. The van der Waals surface area contributed by atoms with Crippen LogP contribution in [-0.2, 0) is 0 Å². The molecular formula is C25H20N4. The van der Waals surface area contributed by atoms with Gasteiger partial charge < -0.3 is 10.6 Å². The monoisotopic (exact) mass is 376 g/mol. The third-order valence-electron chi connectivity index (χ3n) is 4.96. The van der Waals surface area contributed by atoms with Crippen LogP contribution in [0.4, 0.5) is 11.4 Å². The van der Waals surface area contributed by atoms with E-state index in [2.05, 4.69) is 81.3 Å². The Morgan fingerprint density at radius 3 is 1.66 bits per heavy atom. The van der Waals surface area contributed by atoms with Crippen LogP contribution in [-0.4, -0.2) is 9.97 Å². The van der Waals surface area contributed by atoms with Crippen molar-refractivity contribution in [1.82, 2.24) is 9.97 Å². The van der Waals surface area contributed by atoms with Gasteiger partial charge in [0.25, 0.3) is 0 Å². The van der Waals surface area contributed by atoms with Crippen molar-refractivity contribution >= 4 is 33.2 Å². The van der Waals surface area contributed by atoms with Crippen LogP contribution in [0.25, 0.3) is 21.8 Å². The normalized spacial score (nSPS) is 11.1. The number of fused-ring (bicyclic) bond motifs is 2. The second kappa shape index (κ2) is 7.60. The van der Waals surface area contributed by atoms with E-state index < -0.39 is 0 Å². The maximum absolute atomic E-state index is 4.41. The molecule has 0 radical (unpaired) electrons. The van der Waals surface area contributed by atoms with E-state index in [1.807, 2.05) is 42.7 Å². The van der Waals surface area contributed by atoms with Crippen LogP contribution < -0.4 is 10.6 Å². The number of aromatic nitrogens is 2.